The molecule has 0 bridgehead atoms. The Labute approximate surface area is 73.9 Å². The first-order valence-electron chi connectivity index (χ1n) is 5.16. The average Bonchev–Trinajstić information content (AvgIpc) is 2.88. The molecule has 0 radical (unpaired) electrons. The second-order valence-electron chi connectivity index (χ2n) is 4.18. The summed E-state index contributed by atoms with van der Waals surface area (Å²) in [6, 6.07) is 0. The first-order valence-corrected chi connectivity index (χ1v) is 5.16. The zero-order chi connectivity index (χ0) is 8.39. The molecule has 2 atom stereocenters. The van der Waals surface area contributed by atoms with Crippen LogP contribution in [0.3, 0.4) is 0 Å². The van der Waals surface area contributed by atoms with Gasteiger partial charge in [-0.1, -0.05) is 32.1 Å². The van der Waals surface area contributed by atoms with E-state index in [1.165, 1.54) is 32.1 Å². The van der Waals surface area contributed by atoms with E-state index in [9.17, 15) is 5.11 Å². The summed E-state index contributed by atoms with van der Waals surface area (Å²) < 4.78 is 5.06. The van der Waals surface area contributed by atoms with Gasteiger partial charge >= 0.3 is 0 Å². The highest BCUT2D eigenvalue weighted by molar-refractivity contribution is 4.81. The van der Waals surface area contributed by atoms with E-state index in [1.54, 1.807) is 0 Å². The summed E-state index contributed by atoms with van der Waals surface area (Å²) in [6.45, 7) is 0.786. The number of aliphatic hydroxyl groups is 1. The molecule has 2 nitrogen and oxygen atoms in total. The number of rotatable bonds is 3. The number of ether oxygens (including phenoxy) is 1. The first kappa shape index (κ1) is 8.52. The second-order valence-corrected chi connectivity index (χ2v) is 4.18. The fourth-order valence-corrected chi connectivity index (χ4v) is 2.19. The highest BCUT2D eigenvalue weighted by Crippen LogP contribution is 2.30. The van der Waals surface area contributed by atoms with E-state index in [2.05, 4.69) is 0 Å². The minimum absolute atomic E-state index is 0.173. The smallest absolute Gasteiger partial charge is 0.107 e. The highest BCUT2D eigenvalue weighted by Gasteiger charge is 2.32. The van der Waals surface area contributed by atoms with Crippen LogP contribution in [0.25, 0.3) is 0 Å². The molecule has 0 aromatic heterocycles. The Morgan fingerprint density at radius 2 is 1.92 bits per heavy atom. The van der Waals surface area contributed by atoms with E-state index in [1.807, 2.05) is 0 Å². The van der Waals surface area contributed by atoms with Crippen molar-refractivity contribution in [3.63, 3.8) is 0 Å². The topological polar surface area (TPSA) is 32.8 Å². The lowest BCUT2D eigenvalue weighted by atomic mass is 9.85. The molecule has 2 heteroatoms. The summed E-state index contributed by atoms with van der Waals surface area (Å²) in [7, 11) is 0. The Morgan fingerprint density at radius 3 is 2.50 bits per heavy atom. The summed E-state index contributed by atoms with van der Waals surface area (Å²) in [5, 5.41) is 9.62. The standard InChI is InChI=1S/C10H18O2/c11-9(10-7-12-10)6-8-4-2-1-3-5-8/h8-11H,1-7H2. The summed E-state index contributed by atoms with van der Waals surface area (Å²) in [4.78, 5) is 0. The fraction of sp³-hybridized carbons (Fsp3) is 1.00. The molecule has 1 N–H and O–H groups in total. The average molecular weight is 170 g/mol. The maximum Gasteiger partial charge on any atom is 0.107 e. The largest absolute Gasteiger partial charge is 0.390 e. The molecule has 12 heavy (non-hydrogen) atoms. The zero-order valence-electron chi connectivity index (χ0n) is 7.54. The van der Waals surface area contributed by atoms with Gasteiger partial charge in [0.15, 0.2) is 0 Å². The van der Waals surface area contributed by atoms with E-state index in [0.717, 1.165) is 18.9 Å². The van der Waals surface area contributed by atoms with Gasteiger partial charge in [0.1, 0.15) is 6.10 Å². The predicted molar refractivity (Wildman–Crippen MR) is 46.9 cm³/mol. The van der Waals surface area contributed by atoms with Crippen LogP contribution >= 0.6 is 0 Å². The molecule has 2 fully saturated rings. The molecule has 2 unspecified atom stereocenters. The summed E-state index contributed by atoms with van der Waals surface area (Å²) in [5.41, 5.74) is 0. The molecule has 1 aliphatic carbocycles. The predicted octanol–water partition coefficient (Wildman–Crippen LogP) is 1.72. The van der Waals surface area contributed by atoms with Crippen molar-refractivity contribution in [2.45, 2.75) is 50.7 Å². The second kappa shape index (κ2) is 3.75. The van der Waals surface area contributed by atoms with Gasteiger partial charge in [-0.3, -0.25) is 0 Å². The Bertz CT molecular complexity index is 137. The van der Waals surface area contributed by atoms with E-state index in [-0.39, 0.29) is 12.2 Å². The Kier molecular flexibility index (Phi) is 2.66. The van der Waals surface area contributed by atoms with Crippen LogP contribution in [-0.2, 0) is 4.74 Å². The van der Waals surface area contributed by atoms with Gasteiger partial charge in [-0.05, 0) is 12.3 Å². The molecule has 1 aliphatic heterocycles. The van der Waals surface area contributed by atoms with Gasteiger partial charge in [0.25, 0.3) is 0 Å². The van der Waals surface area contributed by atoms with E-state index in [4.69, 9.17) is 4.74 Å². The minimum Gasteiger partial charge on any atom is -0.390 e. The van der Waals surface area contributed by atoms with Gasteiger partial charge in [0.05, 0.1) is 12.7 Å². The fourth-order valence-electron chi connectivity index (χ4n) is 2.19. The van der Waals surface area contributed by atoms with Gasteiger partial charge in [-0.2, -0.15) is 0 Å². The lowest BCUT2D eigenvalue weighted by Crippen LogP contribution is -2.20. The third-order valence-corrected chi connectivity index (χ3v) is 3.09. The molecular weight excluding hydrogens is 152 g/mol. The van der Waals surface area contributed by atoms with Crippen molar-refractivity contribution >= 4 is 0 Å². The molecule has 70 valence electrons. The molecule has 1 saturated carbocycles. The van der Waals surface area contributed by atoms with Crippen LogP contribution in [0.2, 0.25) is 0 Å². The number of hydrogen-bond acceptors (Lipinski definition) is 2. The molecule has 2 rings (SSSR count). The quantitative estimate of drug-likeness (QED) is 0.654. The monoisotopic (exact) mass is 170 g/mol. The van der Waals surface area contributed by atoms with Crippen LogP contribution in [0.15, 0.2) is 0 Å². The Balaban J connectivity index is 1.69. The number of epoxide rings is 1. The van der Waals surface area contributed by atoms with Crippen molar-refractivity contribution in [3.8, 4) is 0 Å². The van der Waals surface area contributed by atoms with E-state index >= 15 is 0 Å². The van der Waals surface area contributed by atoms with Crippen LogP contribution in [0.5, 0.6) is 0 Å². The first-order chi connectivity index (χ1) is 5.86. The van der Waals surface area contributed by atoms with Crippen LogP contribution in [0, 0.1) is 5.92 Å². The molecule has 2 aliphatic rings. The van der Waals surface area contributed by atoms with Gasteiger partial charge in [-0.25, -0.2) is 0 Å². The third-order valence-electron chi connectivity index (χ3n) is 3.09. The van der Waals surface area contributed by atoms with Gasteiger partial charge in [0, 0.05) is 0 Å². The summed E-state index contributed by atoms with van der Waals surface area (Å²) in [5.74, 6) is 0.776. The molecule has 1 heterocycles. The minimum atomic E-state index is -0.173. The molecule has 1 saturated heterocycles. The van der Waals surface area contributed by atoms with Gasteiger partial charge < -0.3 is 9.84 Å². The normalized spacial score (nSPS) is 33.2. The summed E-state index contributed by atoms with van der Waals surface area (Å²) >= 11 is 0. The highest BCUT2D eigenvalue weighted by atomic mass is 16.6. The van der Waals surface area contributed by atoms with Crippen molar-refractivity contribution in [1.29, 1.82) is 0 Å². The maximum atomic E-state index is 9.62. The van der Waals surface area contributed by atoms with Crippen LogP contribution in [-0.4, -0.2) is 23.9 Å². The van der Waals surface area contributed by atoms with Gasteiger partial charge in [0.2, 0.25) is 0 Å². The van der Waals surface area contributed by atoms with Crippen molar-refractivity contribution < 1.29 is 9.84 Å². The molecule has 0 aromatic carbocycles. The van der Waals surface area contributed by atoms with Crippen LogP contribution in [0.4, 0.5) is 0 Å². The van der Waals surface area contributed by atoms with E-state index in [0.29, 0.717) is 0 Å². The summed E-state index contributed by atoms with van der Waals surface area (Å²) in [6.07, 6.45) is 7.76. The van der Waals surface area contributed by atoms with Gasteiger partial charge in [-0.15, -0.1) is 0 Å². The zero-order valence-corrected chi connectivity index (χ0v) is 7.54. The molecule has 0 spiro atoms. The Morgan fingerprint density at radius 1 is 1.25 bits per heavy atom. The SMILES string of the molecule is OC(CC1CCCCC1)C1CO1. The Hall–Kier alpha value is -0.0800. The van der Waals surface area contributed by atoms with Crippen LogP contribution < -0.4 is 0 Å². The van der Waals surface area contributed by atoms with Crippen molar-refractivity contribution in [2.75, 3.05) is 6.61 Å². The van der Waals surface area contributed by atoms with E-state index < -0.39 is 0 Å². The number of hydrogen-bond donors (Lipinski definition) is 1. The maximum absolute atomic E-state index is 9.62. The molecule has 0 amide bonds. The lowest BCUT2D eigenvalue weighted by Gasteiger charge is -2.23. The molecule has 0 aromatic rings. The molecular formula is C10H18O2. The lowest BCUT2D eigenvalue weighted by molar-refractivity contribution is 0.0994. The van der Waals surface area contributed by atoms with Crippen molar-refractivity contribution in [2.24, 2.45) is 5.92 Å². The van der Waals surface area contributed by atoms with Crippen molar-refractivity contribution in [1.82, 2.24) is 0 Å². The van der Waals surface area contributed by atoms with Crippen LogP contribution in [0.1, 0.15) is 38.5 Å². The van der Waals surface area contributed by atoms with Crippen molar-refractivity contribution in [3.05, 3.63) is 0 Å². The number of aliphatic hydroxyl groups excluding tert-OH is 1. The third kappa shape index (κ3) is 2.20.